The van der Waals surface area contributed by atoms with Gasteiger partial charge in [0.05, 0.1) is 6.04 Å². The molecule has 1 aromatic heterocycles. The van der Waals surface area contributed by atoms with Crippen molar-refractivity contribution in [1.29, 1.82) is 0 Å². The highest BCUT2D eigenvalue weighted by Gasteiger charge is 2.18. The summed E-state index contributed by atoms with van der Waals surface area (Å²) in [5, 5.41) is 13.1. The third kappa shape index (κ3) is 5.83. The number of rotatable bonds is 6. The second-order valence-corrected chi connectivity index (χ2v) is 3.35. The lowest BCUT2D eigenvalue weighted by Gasteiger charge is -2.13. The van der Waals surface area contributed by atoms with Gasteiger partial charge in [-0.25, -0.2) is 4.57 Å². The molecule has 0 saturated heterocycles. The van der Waals surface area contributed by atoms with E-state index in [0.717, 1.165) is 4.57 Å². The van der Waals surface area contributed by atoms with Gasteiger partial charge in [-0.15, -0.1) is 24.8 Å². The molecule has 0 aliphatic heterocycles. The van der Waals surface area contributed by atoms with Crippen molar-refractivity contribution in [3.8, 4) is 0 Å². The first kappa shape index (κ1) is 19.9. The van der Waals surface area contributed by atoms with Gasteiger partial charge in [0, 0.05) is 13.1 Å². The third-order valence-electron chi connectivity index (χ3n) is 2.10. The summed E-state index contributed by atoms with van der Waals surface area (Å²) in [6.45, 7) is 0.245. The molecule has 0 saturated carbocycles. The van der Waals surface area contributed by atoms with E-state index in [1.54, 1.807) is 0 Å². The fraction of sp³-hybridized carbons (Fsp3) is 0.500. The normalized spacial score (nSPS) is 9.42. The molecule has 110 valence electrons. The zero-order valence-electron chi connectivity index (χ0n) is 9.89. The number of nitrogens with zero attached hydrogens (tertiary/aromatic N) is 3. The smallest absolute Gasteiger partial charge is 0.390 e. The summed E-state index contributed by atoms with van der Waals surface area (Å²) in [7, 11) is 0. The molecule has 0 spiro atoms. The molecule has 5 N–H and O–H groups in total. The fourth-order valence-corrected chi connectivity index (χ4v) is 1.24. The van der Waals surface area contributed by atoms with E-state index in [1.165, 1.54) is 12.4 Å². The number of amides is 1. The van der Waals surface area contributed by atoms with Gasteiger partial charge in [-0.05, 0) is 4.92 Å². The van der Waals surface area contributed by atoms with Crippen LogP contribution >= 0.6 is 24.8 Å². The predicted molar refractivity (Wildman–Crippen MR) is 73.4 cm³/mol. The summed E-state index contributed by atoms with van der Waals surface area (Å²) < 4.78 is 1.14. The second kappa shape index (κ2) is 9.50. The summed E-state index contributed by atoms with van der Waals surface area (Å²) in [5.74, 6) is -0.774. The molecule has 0 radical (unpaired) electrons. The lowest BCUT2D eigenvalue weighted by Crippen LogP contribution is -2.46. The molecule has 0 atom stereocenters. The Labute approximate surface area is 121 Å². The zero-order chi connectivity index (χ0) is 12.8. The number of nitro groups is 1. The molecule has 19 heavy (non-hydrogen) atoms. The molecule has 1 rings (SSSR count). The lowest BCUT2D eigenvalue weighted by atomic mass is 10.3. The predicted octanol–water partition coefficient (Wildman–Crippen LogP) is -0.963. The summed E-state index contributed by atoms with van der Waals surface area (Å²) in [6, 6.07) is -0.329. The van der Waals surface area contributed by atoms with Crippen molar-refractivity contribution in [2.24, 2.45) is 11.5 Å². The van der Waals surface area contributed by atoms with Crippen LogP contribution in [-0.2, 0) is 11.3 Å². The molecule has 0 aliphatic carbocycles. The van der Waals surface area contributed by atoms with E-state index in [0.29, 0.717) is 0 Å². The molecule has 9 nitrogen and oxygen atoms in total. The van der Waals surface area contributed by atoms with Crippen LogP contribution in [0.25, 0.3) is 0 Å². The number of carbonyl (C=O) groups excluding carboxylic acids is 1. The Morgan fingerprint density at radius 2 is 2.05 bits per heavy atom. The Balaban J connectivity index is 0. The molecule has 1 amide bonds. The maximum atomic E-state index is 11.5. The van der Waals surface area contributed by atoms with Gasteiger partial charge < -0.3 is 26.9 Å². The lowest BCUT2D eigenvalue weighted by molar-refractivity contribution is -0.396. The molecule has 0 aromatic carbocycles. The van der Waals surface area contributed by atoms with Crippen LogP contribution < -0.4 is 16.8 Å². The largest absolute Gasteiger partial charge is 0.435 e. The van der Waals surface area contributed by atoms with Crippen LogP contribution in [0.1, 0.15) is 0 Å². The quantitative estimate of drug-likeness (QED) is 0.456. The third-order valence-corrected chi connectivity index (χ3v) is 2.10. The van der Waals surface area contributed by atoms with Crippen LogP contribution in [0.5, 0.6) is 0 Å². The Kier molecular flexibility index (Phi) is 9.96. The Hall–Kier alpha value is -1.42. The average molecular weight is 315 g/mol. The number of imidazole rings is 1. The highest BCUT2D eigenvalue weighted by molar-refractivity contribution is 5.85. The highest BCUT2D eigenvalue weighted by Crippen LogP contribution is 2.06. The Morgan fingerprint density at radius 3 is 2.53 bits per heavy atom. The Morgan fingerprint density at radius 1 is 1.47 bits per heavy atom. The first-order valence-corrected chi connectivity index (χ1v) is 4.93. The minimum Gasteiger partial charge on any atom is -0.390 e. The standard InChI is InChI=1S/C8H14N6O3.2ClH/c9-3-6(4-10)12-7(15)5-13-2-1-11-8(13)14(16)17;;/h1-2,6H,3-5,9-10H2,(H,12,15);2*1H. The number of hydrogen-bond acceptors (Lipinski definition) is 6. The van der Waals surface area contributed by atoms with E-state index in [-0.39, 0.29) is 56.4 Å². The van der Waals surface area contributed by atoms with Crippen LogP contribution in [0.3, 0.4) is 0 Å². The molecule has 11 heteroatoms. The van der Waals surface area contributed by atoms with E-state index in [2.05, 4.69) is 10.3 Å². The van der Waals surface area contributed by atoms with Crippen molar-refractivity contribution in [3.05, 3.63) is 22.5 Å². The van der Waals surface area contributed by atoms with Gasteiger partial charge in [-0.3, -0.25) is 4.79 Å². The van der Waals surface area contributed by atoms with E-state index in [9.17, 15) is 14.9 Å². The van der Waals surface area contributed by atoms with Crippen LogP contribution in [0.4, 0.5) is 5.95 Å². The van der Waals surface area contributed by atoms with Gasteiger partial charge >= 0.3 is 5.95 Å². The van der Waals surface area contributed by atoms with Gasteiger partial charge in [0.2, 0.25) is 0 Å². The minimum atomic E-state index is -0.656. The van der Waals surface area contributed by atoms with Crippen LogP contribution in [-0.4, -0.2) is 39.5 Å². The van der Waals surface area contributed by atoms with Gasteiger partial charge in [0.1, 0.15) is 12.4 Å². The van der Waals surface area contributed by atoms with Crippen molar-refractivity contribution in [2.45, 2.75) is 12.6 Å². The number of halogens is 2. The van der Waals surface area contributed by atoms with E-state index in [4.69, 9.17) is 11.5 Å². The van der Waals surface area contributed by atoms with Crippen molar-refractivity contribution >= 4 is 36.7 Å². The molecular weight excluding hydrogens is 299 g/mol. The zero-order valence-corrected chi connectivity index (χ0v) is 11.5. The number of nitrogens with one attached hydrogen (secondary N) is 1. The van der Waals surface area contributed by atoms with Crippen molar-refractivity contribution < 1.29 is 9.72 Å². The second-order valence-electron chi connectivity index (χ2n) is 3.35. The first-order valence-electron chi connectivity index (χ1n) is 4.93. The summed E-state index contributed by atoms with van der Waals surface area (Å²) in [6.07, 6.45) is 2.62. The van der Waals surface area contributed by atoms with Crippen molar-refractivity contribution in [1.82, 2.24) is 14.9 Å². The maximum absolute atomic E-state index is 11.5. The average Bonchev–Trinajstić information content (AvgIpc) is 2.74. The van der Waals surface area contributed by atoms with E-state index < -0.39 is 10.8 Å². The number of nitrogens with two attached hydrogens (primary N) is 2. The van der Waals surface area contributed by atoms with Gasteiger partial charge in [0.25, 0.3) is 5.91 Å². The summed E-state index contributed by atoms with van der Waals surface area (Å²) in [4.78, 5) is 24.9. The molecule has 0 fully saturated rings. The molecular formula is C8H16Cl2N6O3. The number of aromatic nitrogens is 2. The van der Waals surface area contributed by atoms with Crippen LogP contribution in [0.2, 0.25) is 0 Å². The molecule has 1 aromatic rings. The highest BCUT2D eigenvalue weighted by atomic mass is 35.5. The number of carbonyl (C=O) groups is 1. The number of hydrogen-bond donors (Lipinski definition) is 3. The molecule has 0 bridgehead atoms. The fourth-order valence-electron chi connectivity index (χ4n) is 1.24. The van der Waals surface area contributed by atoms with E-state index in [1.807, 2.05) is 0 Å². The Bertz CT molecular complexity index is 409. The maximum Gasteiger partial charge on any atom is 0.435 e. The first-order chi connectivity index (χ1) is 8.08. The summed E-state index contributed by atoms with van der Waals surface area (Å²) >= 11 is 0. The monoisotopic (exact) mass is 314 g/mol. The van der Waals surface area contributed by atoms with Crippen molar-refractivity contribution in [3.63, 3.8) is 0 Å². The van der Waals surface area contributed by atoms with Crippen LogP contribution in [0, 0.1) is 10.1 Å². The SMILES string of the molecule is Cl.Cl.NCC(CN)NC(=O)Cn1ccnc1[N+](=O)[O-]. The van der Waals surface area contributed by atoms with Gasteiger partial charge in [-0.2, -0.15) is 0 Å². The van der Waals surface area contributed by atoms with Crippen LogP contribution in [0.15, 0.2) is 12.4 Å². The van der Waals surface area contributed by atoms with E-state index >= 15 is 0 Å². The van der Waals surface area contributed by atoms with Gasteiger partial charge in [0.15, 0.2) is 6.54 Å². The molecule has 0 unspecified atom stereocenters. The van der Waals surface area contributed by atoms with Crippen molar-refractivity contribution in [2.75, 3.05) is 13.1 Å². The molecule has 0 aliphatic rings. The molecule has 1 heterocycles. The topological polar surface area (TPSA) is 142 Å². The summed E-state index contributed by atoms with van der Waals surface area (Å²) in [5.41, 5.74) is 10.7. The minimum absolute atomic E-state index is 0. The van der Waals surface area contributed by atoms with Gasteiger partial charge in [-0.1, -0.05) is 4.98 Å².